The van der Waals surface area contributed by atoms with Gasteiger partial charge in [0.2, 0.25) is 10.0 Å². The number of nitrogens with zero attached hydrogens (tertiary/aromatic N) is 3. The van der Waals surface area contributed by atoms with Gasteiger partial charge in [0.15, 0.2) is 0 Å². The molecule has 0 bridgehead atoms. The van der Waals surface area contributed by atoms with Crippen molar-refractivity contribution in [1.82, 2.24) is 8.87 Å². The first-order chi connectivity index (χ1) is 12.8. The first kappa shape index (κ1) is 19.8. The van der Waals surface area contributed by atoms with Crippen molar-refractivity contribution < 1.29 is 13.2 Å². The molecule has 0 spiro atoms. The average Bonchev–Trinajstić information content (AvgIpc) is 3.17. The average molecular weight is 408 g/mol. The molecule has 0 saturated carbocycles. The van der Waals surface area contributed by atoms with E-state index in [0.717, 1.165) is 12.8 Å². The summed E-state index contributed by atoms with van der Waals surface area (Å²) in [5.74, 6) is -0.357. The number of rotatable bonds is 4. The molecule has 0 atom stereocenters. The molecule has 27 heavy (non-hydrogen) atoms. The van der Waals surface area contributed by atoms with Crippen LogP contribution in [-0.2, 0) is 10.0 Å². The zero-order chi connectivity index (χ0) is 19.6. The van der Waals surface area contributed by atoms with Gasteiger partial charge in [0.25, 0.3) is 5.91 Å². The molecule has 0 unspecified atom stereocenters. The quantitative estimate of drug-likeness (QED) is 0.782. The SMILES string of the molecule is CC(C)N=c1ccccn1C(=O)c1ccc(Cl)c(S(=O)(=O)N2CCCC2)c1. The summed E-state index contributed by atoms with van der Waals surface area (Å²) in [7, 11) is -3.72. The second-order valence-corrected chi connectivity index (χ2v) is 9.03. The van der Waals surface area contributed by atoms with Crippen molar-refractivity contribution in [2.75, 3.05) is 13.1 Å². The fraction of sp³-hybridized carbons (Fsp3) is 0.368. The largest absolute Gasteiger partial charge is 0.268 e. The number of sulfonamides is 1. The maximum atomic E-state index is 13.0. The van der Waals surface area contributed by atoms with E-state index in [2.05, 4.69) is 4.99 Å². The lowest BCUT2D eigenvalue weighted by Gasteiger charge is -2.17. The van der Waals surface area contributed by atoms with E-state index in [1.54, 1.807) is 24.4 Å². The summed E-state index contributed by atoms with van der Waals surface area (Å²) in [6.45, 7) is 4.79. The predicted octanol–water partition coefficient (Wildman–Crippen LogP) is 2.92. The number of benzene rings is 1. The fourth-order valence-corrected chi connectivity index (χ4v) is 5.03. The van der Waals surface area contributed by atoms with Crippen LogP contribution in [0, 0.1) is 0 Å². The van der Waals surface area contributed by atoms with Crippen LogP contribution < -0.4 is 5.49 Å². The highest BCUT2D eigenvalue weighted by atomic mass is 35.5. The van der Waals surface area contributed by atoms with E-state index in [1.807, 2.05) is 13.8 Å². The molecule has 0 N–H and O–H groups in total. The Labute approximate surface area is 164 Å². The number of hydrogen-bond acceptors (Lipinski definition) is 4. The number of carbonyl (C=O) groups is 1. The molecule has 0 amide bonds. The lowest BCUT2D eigenvalue weighted by molar-refractivity contribution is 0.0954. The Kier molecular flexibility index (Phi) is 5.83. The van der Waals surface area contributed by atoms with Gasteiger partial charge in [-0.05, 0) is 57.0 Å². The van der Waals surface area contributed by atoms with Crippen LogP contribution in [0.3, 0.4) is 0 Å². The molecular formula is C19H22ClN3O3S. The summed E-state index contributed by atoms with van der Waals surface area (Å²) < 4.78 is 28.6. The summed E-state index contributed by atoms with van der Waals surface area (Å²) in [5, 5.41) is 0.114. The number of pyridine rings is 1. The molecule has 3 rings (SSSR count). The summed E-state index contributed by atoms with van der Waals surface area (Å²) in [4.78, 5) is 17.4. The Balaban J connectivity index is 2.06. The minimum absolute atomic E-state index is 0.0165. The van der Waals surface area contributed by atoms with Crippen LogP contribution in [0.2, 0.25) is 5.02 Å². The van der Waals surface area contributed by atoms with E-state index in [-0.39, 0.29) is 27.4 Å². The number of aromatic nitrogens is 1. The van der Waals surface area contributed by atoms with Gasteiger partial charge < -0.3 is 0 Å². The Hall–Kier alpha value is -1.96. The third-order valence-corrected chi connectivity index (χ3v) is 6.69. The number of halogens is 1. The van der Waals surface area contributed by atoms with Gasteiger partial charge in [0.05, 0.1) is 5.02 Å². The van der Waals surface area contributed by atoms with Gasteiger partial charge in [0.1, 0.15) is 10.4 Å². The van der Waals surface area contributed by atoms with Gasteiger partial charge in [0, 0.05) is 30.9 Å². The summed E-state index contributed by atoms with van der Waals surface area (Å²) in [6, 6.07) is 9.65. The van der Waals surface area contributed by atoms with E-state index in [0.29, 0.717) is 18.6 Å². The highest BCUT2D eigenvalue weighted by Gasteiger charge is 2.29. The van der Waals surface area contributed by atoms with E-state index in [9.17, 15) is 13.2 Å². The van der Waals surface area contributed by atoms with Crippen LogP contribution in [0.5, 0.6) is 0 Å². The molecule has 6 nitrogen and oxygen atoms in total. The Morgan fingerprint density at radius 2 is 1.85 bits per heavy atom. The molecule has 1 saturated heterocycles. The van der Waals surface area contributed by atoms with E-state index in [1.165, 1.54) is 27.1 Å². The van der Waals surface area contributed by atoms with Gasteiger partial charge in [-0.3, -0.25) is 14.4 Å². The maximum Gasteiger partial charge on any atom is 0.263 e. The summed E-state index contributed by atoms with van der Waals surface area (Å²) >= 11 is 6.17. The number of carbonyl (C=O) groups excluding carboxylic acids is 1. The van der Waals surface area contributed by atoms with Crippen molar-refractivity contribution in [1.29, 1.82) is 0 Å². The predicted molar refractivity (Wildman–Crippen MR) is 104 cm³/mol. The molecule has 8 heteroatoms. The maximum absolute atomic E-state index is 13.0. The van der Waals surface area contributed by atoms with Crippen LogP contribution in [-0.4, -0.2) is 42.3 Å². The third kappa shape index (κ3) is 4.15. The van der Waals surface area contributed by atoms with Crippen molar-refractivity contribution in [2.24, 2.45) is 4.99 Å². The van der Waals surface area contributed by atoms with Gasteiger partial charge in [-0.15, -0.1) is 0 Å². The van der Waals surface area contributed by atoms with Gasteiger partial charge in [-0.2, -0.15) is 4.31 Å². The van der Waals surface area contributed by atoms with Gasteiger partial charge in [-0.1, -0.05) is 17.7 Å². The standard InChI is InChI=1S/C19H22ClN3O3S/c1-14(2)21-18-7-3-4-12-23(18)19(24)15-8-9-16(20)17(13-15)27(25,26)22-10-5-6-11-22/h3-4,7-9,12-14H,5-6,10-11H2,1-2H3. The minimum Gasteiger partial charge on any atom is -0.268 e. The second-order valence-electron chi connectivity index (χ2n) is 6.71. The zero-order valence-electron chi connectivity index (χ0n) is 15.3. The Bertz CT molecular complexity index is 1020. The highest BCUT2D eigenvalue weighted by Crippen LogP contribution is 2.28. The smallest absolute Gasteiger partial charge is 0.263 e. The third-order valence-electron chi connectivity index (χ3n) is 4.31. The zero-order valence-corrected chi connectivity index (χ0v) is 16.9. The van der Waals surface area contributed by atoms with Crippen LogP contribution in [0.1, 0.15) is 37.0 Å². The first-order valence-corrected chi connectivity index (χ1v) is 10.7. The topological polar surface area (TPSA) is 71.7 Å². The molecular weight excluding hydrogens is 386 g/mol. The van der Waals surface area contributed by atoms with Crippen LogP contribution in [0.4, 0.5) is 0 Å². The van der Waals surface area contributed by atoms with Gasteiger partial charge in [-0.25, -0.2) is 8.42 Å². The first-order valence-electron chi connectivity index (χ1n) is 8.86. The summed E-state index contributed by atoms with van der Waals surface area (Å²) in [6.07, 6.45) is 3.28. The summed E-state index contributed by atoms with van der Waals surface area (Å²) in [5.41, 5.74) is 0.755. The Morgan fingerprint density at radius 1 is 1.15 bits per heavy atom. The highest BCUT2D eigenvalue weighted by molar-refractivity contribution is 7.89. The second kappa shape index (κ2) is 7.96. The van der Waals surface area contributed by atoms with Crippen molar-refractivity contribution in [3.8, 4) is 0 Å². The molecule has 2 aromatic rings. The Morgan fingerprint density at radius 3 is 2.52 bits per heavy atom. The molecule has 1 aliphatic rings. The van der Waals surface area contributed by atoms with Gasteiger partial charge >= 0.3 is 0 Å². The van der Waals surface area contributed by atoms with Crippen LogP contribution in [0.15, 0.2) is 52.5 Å². The molecule has 0 radical (unpaired) electrons. The molecule has 1 aromatic carbocycles. The van der Waals surface area contributed by atoms with Crippen LogP contribution in [0.25, 0.3) is 0 Å². The van der Waals surface area contributed by atoms with Crippen molar-refractivity contribution in [2.45, 2.75) is 37.6 Å². The molecule has 0 aliphatic carbocycles. The molecule has 1 aromatic heterocycles. The monoisotopic (exact) mass is 407 g/mol. The van der Waals surface area contributed by atoms with E-state index in [4.69, 9.17) is 11.6 Å². The van der Waals surface area contributed by atoms with Crippen molar-refractivity contribution >= 4 is 27.5 Å². The fourth-order valence-electron chi connectivity index (χ4n) is 3.02. The molecule has 1 fully saturated rings. The lowest BCUT2D eigenvalue weighted by Crippen LogP contribution is -2.30. The van der Waals surface area contributed by atoms with E-state index < -0.39 is 10.0 Å². The van der Waals surface area contributed by atoms with E-state index >= 15 is 0 Å². The normalized spacial score (nSPS) is 16.2. The van der Waals surface area contributed by atoms with Crippen molar-refractivity contribution in [3.05, 3.63) is 58.7 Å². The van der Waals surface area contributed by atoms with Crippen LogP contribution >= 0.6 is 11.6 Å². The molecule has 144 valence electrons. The van der Waals surface area contributed by atoms with Crippen molar-refractivity contribution in [3.63, 3.8) is 0 Å². The lowest BCUT2D eigenvalue weighted by atomic mass is 10.2. The molecule has 1 aliphatic heterocycles. The number of hydrogen-bond donors (Lipinski definition) is 0. The molecule has 2 heterocycles. The minimum atomic E-state index is -3.72.